The maximum Gasteiger partial charge on any atom is 0.138 e. The summed E-state index contributed by atoms with van der Waals surface area (Å²) in [5, 5.41) is 11.9. The van der Waals surface area contributed by atoms with Crippen molar-refractivity contribution in [2.45, 2.75) is 53.8 Å². The van der Waals surface area contributed by atoms with Gasteiger partial charge in [0.25, 0.3) is 0 Å². The second-order valence-corrected chi connectivity index (χ2v) is 5.19. The number of nitrogens with zero attached hydrogens (tertiary/aromatic N) is 3. The molecule has 1 N–H and O–H groups in total. The third kappa shape index (κ3) is 3.23. The quantitative estimate of drug-likeness (QED) is 0.898. The molecular weight excluding hydrogens is 240 g/mol. The molecule has 104 valence electrons. The molecule has 1 unspecified atom stereocenters. The molecule has 0 aliphatic heterocycles. The number of aryl methyl sites for hydroxylation is 4. The lowest BCUT2D eigenvalue weighted by Crippen LogP contribution is -2.31. The van der Waals surface area contributed by atoms with Crippen molar-refractivity contribution in [1.29, 1.82) is 0 Å². The van der Waals surface area contributed by atoms with Crippen molar-refractivity contribution in [3.05, 3.63) is 34.5 Å². The van der Waals surface area contributed by atoms with Gasteiger partial charge in [0.1, 0.15) is 5.76 Å². The Morgan fingerprint density at radius 1 is 1.32 bits per heavy atom. The number of rotatable bonds is 5. The molecule has 0 aliphatic carbocycles. The van der Waals surface area contributed by atoms with Crippen LogP contribution in [-0.4, -0.2) is 21.0 Å². The Hall–Kier alpha value is -1.62. The monoisotopic (exact) mass is 262 g/mol. The molecule has 0 amide bonds. The van der Waals surface area contributed by atoms with Crippen molar-refractivity contribution in [2.24, 2.45) is 0 Å². The molecule has 0 spiro atoms. The molecule has 5 heteroatoms. The SMILES string of the molecule is Cc1cc(C)n(CC(C)NCc2c(C)noc2C)n1. The van der Waals surface area contributed by atoms with E-state index in [0.29, 0.717) is 6.04 Å². The molecule has 2 heterocycles. The highest BCUT2D eigenvalue weighted by Gasteiger charge is 2.11. The molecule has 0 aromatic carbocycles. The van der Waals surface area contributed by atoms with Crippen molar-refractivity contribution >= 4 is 0 Å². The van der Waals surface area contributed by atoms with Crippen molar-refractivity contribution in [1.82, 2.24) is 20.3 Å². The lowest BCUT2D eigenvalue weighted by molar-refractivity contribution is 0.390. The van der Waals surface area contributed by atoms with Crippen molar-refractivity contribution in [2.75, 3.05) is 0 Å². The summed E-state index contributed by atoms with van der Waals surface area (Å²) in [4.78, 5) is 0. The second-order valence-electron chi connectivity index (χ2n) is 5.19. The summed E-state index contributed by atoms with van der Waals surface area (Å²) < 4.78 is 7.20. The smallest absolute Gasteiger partial charge is 0.138 e. The van der Waals surface area contributed by atoms with Gasteiger partial charge in [0, 0.05) is 23.8 Å². The zero-order valence-corrected chi connectivity index (χ0v) is 12.3. The Balaban J connectivity index is 1.92. The summed E-state index contributed by atoms with van der Waals surface area (Å²) >= 11 is 0. The van der Waals surface area contributed by atoms with E-state index < -0.39 is 0 Å². The van der Waals surface area contributed by atoms with E-state index in [1.54, 1.807) is 0 Å². The molecule has 2 aromatic rings. The number of aromatic nitrogens is 3. The highest BCUT2D eigenvalue weighted by Crippen LogP contribution is 2.12. The fourth-order valence-corrected chi connectivity index (χ4v) is 2.21. The Morgan fingerprint density at radius 2 is 2.05 bits per heavy atom. The van der Waals surface area contributed by atoms with E-state index in [9.17, 15) is 0 Å². The van der Waals surface area contributed by atoms with Crippen LogP contribution >= 0.6 is 0 Å². The van der Waals surface area contributed by atoms with Gasteiger partial charge in [-0.15, -0.1) is 0 Å². The zero-order valence-electron chi connectivity index (χ0n) is 12.3. The van der Waals surface area contributed by atoms with Gasteiger partial charge >= 0.3 is 0 Å². The average molecular weight is 262 g/mol. The van der Waals surface area contributed by atoms with Crippen LogP contribution in [0.3, 0.4) is 0 Å². The second kappa shape index (κ2) is 5.57. The third-order valence-electron chi connectivity index (χ3n) is 3.36. The van der Waals surface area contributed by atoms with Gasteiger partial charge in [-0.1, -0.05) is 5.16 Å². The van der Waals surface area contributed by atoms with E-state index in [1.165, 1.54) is 5.69 Å². The third-order valence-corrected chi connectivity index (χ3v) is 3.36. The minimum absolute atomic E-state index is 0.340. The minimum Gasteiger partial charge on any atom is -0.361 e. The molecule has 1 atom stereocenters. The normalized spacial score (nSPS) is 12.9. The van der Waals surface area contributed by atoms with E-state index in [4.69, 9.17) is 4.52 Å². The topological polar surface area (TPSA) is 55.9 Å². The van der Waals surface area contributed by atoms with Gasteiger partial charge in [0.05, 0.1) is 17.9 Å². The van der Waals surface area contributed by atoms with Crippen LogP contribution in [0.1, 0.15) is 35.3 Å². The fraction of sp³-hybridized carbons (Fsp3) is 0.571. The molecule has 19 heavy (non-hydrogen) atoms. The Labute approximate surface area is 114 Å². The first kappa shape index (κ1) is 13.8. The van der Waals surface area contributed by atoms with E-state index >= 15 is 0 Å². The molecule has 0 bridgehead atoms. The van der Waals surface area contributed by atoms with E-state index in [-0.39, 0.29) is 0 Å². The Morgan fingerprint density at radius 3 is 2.58 bits per heavy atom. The fourth-order valence-electron chi connectivity index (χ4n) is 2.21. The molecule has 5 nitrogen and oxygen atoms in total. The van der Waals surface area contributed by atoms with Crippen LogP contribution in [0.5, 0.6) is 0 Å². The minimum atomic E-state index is 0.340. The predicted molar refractivity (Wildman–Crippen MR) is 74.0 cm³/mol. The highest BCUT2D eigenvalue weighted by molar-refractivity contribution is 5.20. The molecule has 2 rings (SSSR count). The summed E-state index contributed by atoms with van der Waals surface area (Å²) in [6, 6.07) is 2.44. The van der Waals surface area contributed by atoms with E-state index in [0.717, 1.165) is 35.8 Å². The van der Waals surface area contributed by atoms with Crippen LogP contribution in [-0.2, 0) is 13.1 Å². The summed E-state index contributed by atoms with van der Waals surface area (Å²) in [7, 11) is 0. The molecule has 0 saturated heterocycles. The number of hydrogen-bond acceptors (Lipinski definition) is 4. The van der Waals surface area contributed by atoms with Crippen LogP contribution in [0.4, 0.5) is 0 Å². The lowest BCUT2D eigenvalue weighted by Gasteiger charge is -2.14. The van der Waals surface area contributed by atoms with E-state index in [1.807, 2.05) is 25.5 Å². The highest BCUT2D eigenvalue weighted by atomic mass is 16.5. The molecular formula is C14H22N4O. The molecule has 2 aromatic heterocycles. The van der Waals surface area contributed by atoms with Crippen LogP contribution in [0, 0.1) is 27.7 Å². The van der Waals surface area contributed by atoms with Crippen molar-refractivity contribution in [3.8, 4) is 0 Å². The number of hydrogen-bond donors (Lipinski definition) is 1. The average Bonchev–Trinajstić information content (AvgIpc) is 2.81. The van der Waals surface area contributed by atoms with Gasteiger partial charge in [0.2, 0.25) is 0 Å². The first-order valence-electron chi connectivity index (χ1n) is 6.63. The largest absolute Gasteiger partial charge is 0.361 e. The predicted octanol–water partition coefficient (Wildman–Crippen LogP) is 2.28. The molecule has 0 fully saturated rings. The van der Waals surface area contributed by atoms with Gasteiger partial charge in [0.15, 0.2) is 0 Å². The first-order chi connectivity index (χ1) is 8.97. The van der Waals surface area contributed by atoms with E-state index in [2.05, 4.69) is 35.5 Å². The van der Waals surface area contributed by atoms with Crippen LogP contribution in [0.2, 0.25) is 0 Å². The number of nitrogens with one attached hydrogen (secondary N) is 1. The van der Waals surface area contributed by atoms with Gasteiger partial charge in [-0.25, -0.2) is 0 Å². The van der Waals surface area contributed by atoms with Gasteiger partial charge in [-0.2, -0.15) is 5.10 Å². The summed E-state index contributed by atoms with van der Waals surface area (Å²) in [6.45, 7) is 11.8. The van der Waals surface area contributed by atoms with Gasteiger partial charge in [-0.05, 0) is 40.7 Å². The van der Waals surface area contributed by atoms with Gasteiger partial charge < -0.3 is 9.84 Å². The van der Waals surface area contributed by atoms with Gasteiger partial charge in [-0.3, -0.25) is 4.68 Å². The summed E-state index contributed by atoms with van der Waals surface area (Å²) in [6.07, 6.45) is 0. The molecule has 0 radical (unpaired) electrons. The molecule has 0 saturated carbocycles. The first-order valence-corrected chi connectivity index (χ1v) is 6.63. The standard InChI is InChI=1S/C14H22N4O/c1-9-6-11(3)18(16-9)8-10(2)15-7-14-12(4)17-19-13(14)5/h6,10,15H,7-8H2,1-5H3. The summed E-state index contributed by atoms with van der Waals surface area (Å²) in [5.41, 5.74) is 4.38. The molecule has 0 aliphatic rings. The van der Waals surface area contributed by atoms with Crippen LogP contribution < -0.4 is 5.32 Å². The summed E-state index contributed by atoms with van der Waals surface area (Å²) in [5.74, 6) is 0.892. The Kier molecular flexibility index (Phi) is 4.04. The Bertz CT molecular complexity index is 536. The zero-order chi connectivity index (χ0) is 14.0. The van der Waals surface area contributed by atoms with Crippen LogP contribution in [0.25, 0.3) is 0 Å². The lowest BCUT2D eigenvalue weighted by atomic mass is 10.2. The van der Waals surface area contributed by atoms with Crippen molar-refractivity contribution < 1.29 is 4.52 Å². The van der Waals surface area contributed by atoms with Crippen molar-refractivity contribution in [3.63, 3.8) is 0 Å². The maximum atomic E-state index is 5.16. The van der Waals surface area contributed by atoms with Crippen LogP contribution in [0.15, 0.2) is 10.6 Å². The maximum absolute atomic E-state index is 5.16.